The Morgan fingerprint density at radius 2 is 1.97 bits per heavy atom. The summed E-state index contributed by atoms with van der Waals surface area (Å²) in [7, 11) is 1.97. The number of thiophene rings is 1. The van der Waals surface area contributed by atoms with Crippen LogP contribution in [0.1, 0.15) is 41.6 Å². The van der Waals surface area contributed by atoms with Gasteiger partial charge >= 0.3 is 0 Å². The topological polar surface area (TPSA) is 70.6 Å². The van der Waals surface area contributed by atoms with E-state index in [2.05, 4.69) is 23.2 Å². The van der Waals surface area contributed by atoms with Crippen molar-refractivity contribution in [2.75, 3.05) is 50.1 Å². The van der Waals surface area contributed by atoms with E-state index >= 15 is 0 Å². The number of para-hydroxylation sites is 1. The van der Waals surface area contributed by atoms with Crippen molar-refractivity contribution in [2.45, 2.75) is 45.6 Å². The molecule has 1 aliphatic heterocycles. The van der Waals surface area contributed by atoms with Gasteiger partial charge < -0.3 is 15.0 Å². The second-order valence-electron chi connectivity index (χ2n) is 9.16. The summed E-state index contributed by atoms with van der Waals surface area (Å²) in [5.74, 6) is 1.67. The van der Waals surface area contributed by atoms with Gasteiger partial charge in [0.2, 0.25) is 5.91 Å². The first-order chi connectivity index (χ1) is 16.6. The number of nitrogens with zero attached hydrogens (tertiary/aromatic N) is 4. The molecule has 34 heavy (non-hydrogen) atoms. The number of morpholine rings is 1. The zero-order valence-corrected chi connectivity index (χ0v) is 20.9. The number of likely N-dealkylation sites (N-methyl/N-ethyl adjacent to an activating group) is 1. The molecule has 180 valence electrons. The third-order valence-electron chi connectivity index (χ3n) is 6.73. The summed E-state index contributed by atoms with van der Waals surface area (Å²) in [5, 5.41) is 4.25. The molecule has 0 unspecified atom stereocenters. The molecule has 1 saturated heterocycles. The summed E-state index contributed by atoms with van der Waals surface area (Å²) in [6.45, 7) is 6.35. The third kappa shape index (κ3) is 4.94. The molecule has 2 aromatic heterocycles. The average molecular weight is 480 g/mol. The largest absolute Gasteiger partial charge is 0.379 e. The minimum absolute atomic E-state index is 0.0333. The predicted octanol–water partition coefficient (Wildman–Crippen LogP) is 4.04. The van der Waals surface area contributed by atoms with Gasteiger partial charge in [-0.05, 0) is 49.3 Å². The predicted molar refractivity (Wildman–Crippen MR) is 138 cm³/mol. The van der Waals surface area contributed by atoms with Crippen LogP contribution in [-0.2, 0) is 35.3 Å². The molecule has 7 nitrogen and oxygen atoms in total. The van der Waals surface area contributed by atoms with Crippen molar-refractivity contribution in [3.63, 3.8) is 0 Å². The van der Waals surface area contributed by atoms with Crippen LogP contribution in [-0.4, -0.2) is 60.7 Å². The first kappa shape index (κ1) is 23.2. The number of hydrogen-bond donors (Lipinski definition) is 1. The summed E-state index contributed by atoms with van der Waals surface area (Å²) >= 11 is 1.81. The van der Waals surface area contributed by atoms with Gasteiger partial charge in [-0.1, -0.05) is 25.1 Å². The molecular weight excluding hydrogens is 446 g/mol. The number of fused-ring (bicyclic) bond motifs is 3. The standard InChI is InChI=1S/C26H33N5O2S/c1-3-18-8-4-6-10-20(18)27-23(32)17-30(2)25-24-19-9-5-7-11-21(19)34-26(24)29-22(28-25)16-31-12-14-33-15-13-31/h4,6,8,10H,3,5,7,9,11-17H2,1-2H3,(H,27,32). The molecule has 1 aromatic carbocycles. The molecule has 5 rings (SSSR count). The lowest BCUT2D eigenvalue weighted by Crippen LogP contribution is -2.36. The molecule has 1 N–H and O–H groups in total. The molecule has 8 heteroatoms. The van der Waals surface area contributed by atoms with Crippen molar-refractivity contribution in [3.05, 3.63) is 46.1 Å². The molecule has 3 aromatic rings. The third-order valence-corrected chi connectivity index (χ3v) is 7.91. The van der Waals surface area contributed by atoms with Crippen LogP contribution in [0.15, 0.2) is 24.3 Å². The highest BCUT2D eigenvalue weighted by Gasteiger charge is 2.24. The molecule has 0 radical (unpaired) electrons. The van der Waals surface area contributed by atoms with Crippen LogP contribution >= 0.6 is 11.3 Å². The molecule has 0 bridgehead atoms. The number of rotatable bonds is 7. The number of benzene rings is 1. The lowest BCUT2D eigenvalue weighted by Gasteiger charge is -2.26. The number of aromatic nitrogens is 2. The van der Waals surface area contributed by atoms with E-state index in [-0.39, 0.29) is 12.5 Å². The maximum atomic E-state index is 13.0. The Morgan fingerprint density at radius 1 is 1.18 bits per heavy atom. The van der Waals surface area contributed by atoms with Gasteiger partial charge in [-0.3, -0.25) is 9.69 Å². The van der Waals surface area contributed by atoms with Crippen molar-refractivity contribution in [3.8, 4) is 0 Å². The molecule has 0 saturated carbocycles. The Morgan fingerprint density at radius 3 is 2.79 bits per heavy atom. The molecular formula is C26H33N5O2S. The monoisotopic (exact) mass is 479 g/mol. The second kappa shape index (κ2) is 10.4. The SMILES string of the molecule is CCc1ccccc1NC(=O)CN(C)c1nc(CN2CCOCC2)nc2sc3c(c12)CCCC3. The van der Waals surface area contributed by atoms with E-state index in [1.807, 2.05) is 41.5 Å². The average Bonchev–Trinajstić information content (AvgIpc) is 3.23. The van der Waals surface area contributed by atoms with Gasteiger partial charge in [-0.2, -0.15) is 0 Å². The van der Waals surface area contributed by atoms with Gasteiger partial charge in [0.15, 0.2) is 0 Å². The molecule has 2 aliphatic rings. The Hall–Kier alpha value is -2.55. The Labute approximate surface area is 205 Å². The quantitative estimate of drug-likeness (QED) is 0.552. The first-order valence-corrected chi connectivity index (χ1v) is 13.1. The second-order valence-corrected chi connectivity index (χ2v) is 10.2. The van der Waals surface area contributed by atoms with Crippen LogP contribution in [0, 0.1) is 0 Å². The number of aryl methyl sites for hydroxylation is 3. The highest BCUT2D eigenvalue weighted by molar-refractivity contribution is 7.19. The summed E-state index contributed by atoms with van der Waals surface area (Å²) in [6, 6.07) is 7.99. The number of carbonyl (C=O) groups excluding carboxylic acids is 1. The van der Waals surface area contributed by atoms with Crippen LogP contribution < -0.4 is 10.2 Å². The van der Waals surface area contributed by atoms with Crippen LogP contribution in [0.4, 0.5) is 11.5 Å². The maximum absolute atomic E-state index is 13.0. The summed E-state index contributed by atoms with van der Waals surface area (Å²) < 4.78 is 5.50. The van der Waals surface area contributed by atoms with Gasteiger partial charge in [0.05, 0.1) is 31.7 Å². The lowest BCUT2D eigenvalue weighted by atomic mass is 9.97. The van der Waals surface area contributed by atoms with Gasteiger partial charge in [-0.15, -0.1) is 11.3 Å². The van der Waals surface area contributed by atoms with Crippen molar-refractivity contribution < 1.29 is 9.53 Å². The van der Waals surface area contributed by atoms with Crippen molar-refractivity contribution in [1.82, 2.24) is 14.9 Å². The fraction of sp³-hybridized carbons (Fsp3) is 0.500. The van der Waals surface area contributed by atoms with Gasteiger partial charge in [0, 0.05) is 30.7 Å². The van der Waals surface area contributed by atoms with E-state index in [0.29, 0.717) is 6.54 Å². The van der Waals surface area contributed by atoms with Gasteiger partial charge in [0.1, 0.15) is 16.5 Å². The molecule has 3 heterocycles. The highest BCUT2D eigenvalue weighted by atomic mass is 32.1. The zero-order chi connectivity index (χ0) is 23.5. The van der Waals surface area contributed by atoms with Crippen molar-refractivity contribution >= 4 is 39.0 Å². The normalized spacial score (nSPS) is 16.4. The number of amides is 1. The Balaban J connectivity index is 1.43. The number of carbonyl (C=O) groups is 1. The van der Waals surface area contributed by atoms with E-state index in [9.17, 15) is 4.79 Å². The number of anilines is 2. The van der Waals surface area contributed by atoms with E-state index in [1.54, 1.807) is 0 Å². The van der Waals surface area contributed by atoms with E-state index < -0.39 is 0 Å². The number of ether oxygens (including phenoxy) is 1. The fourth-order valence-electron chi connectivity index (χ4n) is 4.92. The van der Waals surface area contributed by atoms with E-state index in [4.69, 9.17) is 14.7 Å². The fourth-order valence-corrected chi connectivity index (χ4v) is 6.19. The summed E-state index contributed by atoms with van der Waals surface area (Å²) in [5.41, 5.74) is 3.42. The van der Waals surface area contributed by atoms with Crippen LogP contribution in [0.5, 0.6) is 0 Å². The van der Waals surface area contributed by atoms with E-state index in [1.165, 1.54) is 23.3 Å². The van der Waals surface area contributed by atoms with Crippen molar-refractivity contribution in [1.29, 1.82) is 0 Å². The highest BCUT2D eigenvalue weighted by Crippen LogP contribution is 2.39. The Kier molecular flexibility index (Phi) is 7.08. The van der Waals surface area contributed by atoms with E-state index in [0.717, 1.165) is 78.7 Å². The van der Waals surface area contributed by atoms with Crippen LogP contribution in [0.3, 0.4) is 0 Å². The zero-order valence-electron chi connectivity index (χ0n) is 20.1. The first-order valence-electron chi connectivity index (χ1n) is 12.3. The number of nitrogens with one attached hydrogen (secondary N) is 1. The smallest absolute Gasteiger partial charge is 0.243 e. The Bertz CT molecular complexity index is 1170. The minimum atomic E-state index is -0.0333. The van der Waals surface area contributed by atoms with Crippen molar-refractivity contribution in [2.24, 2.45) is 0 Å². The molecule has 0 atom stereocenters. The number of hydrogen-bond acceptors (Lipinski definition) is 7. The lowest BCUT2D eigenvalue weighted by molar-refractivity contribution is -0.114. The molecule has 1 fully saturated rings. The minimum Gasteiger partial charge on any atom is -0.379 e. The molecule has 1 amide bonds. The molecule has 1 aliphatic carbocycles. The summed E-state index contributed by atoms with van der Waals surface area (Å²) in [6.07, 6.45) is 5.50. The van der Waals surface area contributed by atoms with Crippen LogP contribution in [0.2, 0.25) is 0 Å². The van der Waals surface area contributed by atoms with Gasteiger partial charge in [0.25, 0.3) is 0 Å². The molecule has 0 spiro atoms. The van der Waals surface area contributed by atoms with Crippen LogP contribution in [0.25, 0.3) is 10.2 Å². The van der Waals surface area contributed by atoms with Gasteiger partial charge in [-0.25, -0.2) is 9.97 Å². The summed E-state index contributed by atoms with van der Waals surface area (Å²) in [4.78, 5) is 29.9. The maximum Gasteiger partial charge on any atom is 0.243 e.